The standard InChI is InChI=1S/C15H21NO3/c1-2-19-15(18)7-4-10-16-13-9-8-12-11(13)5-3-6-14(12)17/h3,5-6,13,16-17H,2,4,7-10H2,1H3. The molecule has 0 aromatic heterocycles. The van der Waals surface area contributed by atoms with Gasteiger partial charge in [0.1, 0.15) is 5.75 Å². The van der Waals surface area contributed by atoms with Crippen LogP contribution in [0.4, 0.5) is 0 Å². The van der Waals surface area contributed by atoms with E-state index in [0.717, 1.165) is 31.4 Å². The summed E-state index contributed by atoms with van der Waals surface area (Å²) in [7, 11) is 0. The van der Waals surface area contributed by atoms with E-state index >= 15 is 0 Å². The Morgan fingerprint density at radius 1 is 1.53 bits per heavy atom. The first kappa shape index (κ1) is 13.9. The molecule has 0 amide bonds. The first-order valence-corrected chi connectivity index (χ1v) is 6.92. The molecule has 4 heteroatoms. The molecule has 1 aromatic rings. The number of ether oxygens (including phenoxy) is 1. The maximum atomic E-state index is 11.2. The summed E-state index contributed by atoms with van der Waals surface area (Å²) in [4.78, 5) is 11.2. The third-order valence-corrected chi connectivity index (χ3v) is 3.50. The quantitative estimate of drug-likeness (QED) is 0.611. The lowest BCUT2D eigenvalue weighted by molar-refractivity contribution is -0.143. The number of aromatic hydroxyl groups is 1. The molecule has 2 N–H and O–H groups in total. The van der Waals surface area contributed by atoms with Crippen molar-refractivity contribution in [2.75, 3.05) is 13.2 Å². The van der Waals surface area contributed by atoms with Gasteiger partial charge in [-0.05, 0) is 49.9 Å². The van der Waals surface area contributed by atoms with Gasteiger partial charge in [-0.3, -0.25) is 4.79 Å². The summed E-state index contributed by atoms with van der Waals surface area (Å²) in [6.07, 6.45) is 3.16. The smallest absolute Gasteiger partial charge is 0.305 e. The summed E-state index contributed by atoms with van der Waals surface area (Å²) in [5.41, 5.74) is 2.25. The summed E-state index contributed by atoms with van der Waals surface area (Å²) in [5, 5.41) is 13.2. The van der Waals surface area contributed by atoms with Gasteiger partial charge in [0.15, 0.2) is 0 Å². The Kier molecular flexibility index (Phi) is 4.80. The van der Waals surface area contributed by atoms with Gasteiger partial charge in [0, 0.05) is 12.5 Å². The Morgan fingerprint density at radius 3 is 3.16 bits per heavy atom. The second-order valence-corrected chi connectivity index (χ2v) is 4.80. The second kappa shape index (κ2) is 6.57. The van der Waals surface area contributed by atoms with Gasteiger partial charge < -0.3 is 15.2 Å². The van der Waals surface area contributed by atoms with Crippen molar-refractivity contribution in [2.45, 2.75) is 38.6 Å². The molecular formula is C15H21NO3. The van der Waals surface area contributed by atoms with Crippen LogP contribution in [-0.2, 0) is 16.0 Å². The Labute approximate surface area is 113 Å². The minimum absolute atomic E-state index is 0.131. The van der Waals surface area contributed by atoms with Crippen LogP contribution in [0.1, 0.15) is 43.4 Å². The van der Waals surface area contributed by atoms with Crippen molar-refractivity contribution < 1.29 is 14.6 Å². The highest BCUT2D eigenvalue weighted by molar-refractivity contribution is 5.69. The van der Waals surface area contributed by atoms with E-state index in [-0.39, 0.29) is 5.97 Å². The number of hydrogen-bond donors (Lipinski definition) is 2. The number of carbonyl (C=O) groups is 1. The molecule has 2 rings (SSSR count). The highest BCUT2D eigenvalue weighted by Crippen LogP contribution is 2.36. The Hall–Kier alpha value is -1.55. The van der Waals surface area contributed by atoms with Gasteiger partial charge in [-0.25, -0.2) is 0 Å². The molecule has 0 fully saturated rings. The number of nitrogens with one attached hydrogen (secondary N) is 1. The molecule has 1 aromatic carbocycles. The van der Waals surface area contributed by atoms with E-state index < -0.39 is 0 Å². The van der Waals surface area contributed by atoms with Crippen molar-refractivity contribution in [3.05, 3.63) is 29.3 Å². The fourth-order valence-corrected chi connectivity index (χ4v) is 2.59. The highest BCUT2D eigenvalue weighted by Gasteiger charge is 2.23. The van der Waals surface area contributed by atoms with E-state index in [1.54, 1.807) is 6.07 Å². The van der Waals surface area contributed by atoms with Gasteiger partial charge >= 0.3 is 5.97 Å². The van der Waals surface area contributed by atoms with E-state index in [2.05, 4.69) is 11.4 Å². The van der Waals surface area contributed by atoms with Crippen molar-refractivity contribution in [3.8, 4) is 5.75 Å². The average Bonchev–Trinajstić information content (AvgIpc) is 2.80. The Bertz CT molecular complexity index is 445. The molecule has 0 bridgehead atoms. The van der Waals surface area contributed by atoms with Crippen LogP contribution in [0.15, 0.2) is 18.2 Å². The third kappa shape index (κ3) is 3.47. The number of esters is 1. The fourth-order valence-electron chi connectivity index (χ4n) is 2.59. The number of fused-ring (bicyclic) bond motifs is 1. The van der Waals surface area contributed by atoms with Crippen LogP contribution >= 0.6 is 0 Å². The van der Waals surface area contributed by atoms with E-state index in [4.69, 9.17) is 4.74 Å². The zero-order chi connectivity index (χ0) is 13.7. The van der Waals surface area contributed by atoms with Crippen molar-refractivity contribution in [3.63, 3.8) is 0 Å². The largest absolute Gasteiger partial charge is 0.508 e. The van der Waals surface area contributed by atoms with Crippen LogP contribution in [0.5, 0.6) is 5.75 Å². The highest BCUT2D eigenvalue weighted by atomic mass is 16.5. The molecule has 0 saturated carbocycles. The number of benzene rings is 1. The van der Waals surface area contributed by atoms with Crippen LogP contribution in [0, 0.1) is 0 Å². The van der Waals surface area contributed by atoms with E-state index in [9.17, 15) is 9.90 Å². The molecule has 4 nitrogen and oxygen atoms in total. The maximum absolute atomic E-state index is 11.2. The van der Waals surface area contributed by atoms with Crippen molar-refractivity contribution in [1.29, 1.82) is 0 Å². The summed E-state index contributed by atoms with van der Waals surface area (Å²) >= 11 is 0. The monoisotopic (exact) mass is 263 g/mol. The lowest BCUT2D eigenvalue weighted by atomic mass is 10.1. The van der Waals surface area contributed by atoms with Gasteiger partial charge in [-0.1, -0.05) is 12.1 Å². The third-order valence-electron chi connectivity index (χ3n) is 3.50. The van der Waals surface area contributed by atoms with Gasteiger partial charge in [-0.2, -0.15) is 0 Å². The predicted molar refractivity (Wildman–Crippen MR) is 73.0 cm³/mol. The topological polar surface area (TPSA) is 58.6 Å². The molecule has 0 saturated heterocycles. The van der Waals surface area contributed by atoms with Crippen molar-refractivity contribution in [2.24, 2.45) is 0 Å². The maximum Gasteiger partial charge on any atom is 0.305 e. The summed E-state index contributed by atoms with van der Waals surface area (Å²) in [6.45, 7) is 3.05. The Morgan fingerprint density at radius 2 is 2.37 bits per heavy atom. The van der Waals surface area contributed by atoms with Gasteiger partial charge in [0.2, 0.25) is 0 Å². The fraction of sp³-hybridized carbons (Fsp3) is 0.533. The number of phenols is 1. The molecule has 1 atom stereocenters. The number of hydrogen-bond acceptors (Lipinski definition) is 4. The first-order valence-electron chi connectivity index (χ1n) is 6.92. The first-order chi connectivity index (χ1) is 9.22. The normalized spacial score (nSPS) is 17.2. The molecule has 0 radical (unpaired) electrons. The minimum atomic E-state index is -0.131. The summed E-state index contributed by atoms with van der Waals surface area (Å²) < 4.78 is 4.89. The van der Waals surface area contributed by atoms with Crippen LogP contribution in [0.3, 0.4) is 0 Å². The molecule has 0 aliphatic heterocycles. The summed E-state index contributed by atoms with van der Waals surface area (Å²) in [6, 6.07) is 5.98. The molecule has 19 heavy (non-hydrogen) atoms. The molecule has 0 spiro atoms. The predicted octanol–water partition coefficient (Wildman–Crippen LogP) is 2.31. The van der Waals surface area contributed by atoms with E-state index in [1.807, 2.05) is 13.0 Å². The SMILES string of the molecule is CCOC(=O)CCCNC1CCc2c(O)cccc21. The van der Waals surface area contributed by atoms with Gasteiger partial charge in [0.05, 0.1) is 6.61 Å². The number of rotatable bonds is 6. The summed E-state index contributed by atoms with van der Waals surface area (Å²) in [5.74, 6) is 0.266. The lowest BCUT2D eigenvalue weighted by Crippen LogP contribution is -2.21. The molecule has 0 heterocycles. The molecule has 1 aliphatic carbocycles. The van der Waals surface area contributed by atoms with E-state index in [0.29, 0.717) is 24.8 Å². The number of carbonyl (C=O) groups excluding carboxylic acids is 1. The molecule has 1 aliphatic rings. The lowest BCUT2D eigenvalue weighted by Gasteiger charge is -2.14. The van der Waals surface area contributed by atoms with Crippen molar-refractivity contribution in [1.82, 2.24) is 5.32 Å². The molecule has 104 valence electrons. The zero-order valence-electron chi connectivity index (χ0n) is 11.3. The van der Waals surface area contributed by atoms with Crippen molar-refractivity contribution >= 4 is 5.97 Å². The van der Waals surface area contributed by atoms with Crippen LogP contribution in [0.25, 0.3) is 0 Å². The number of phenolic OH excluding ortho intramolecular Hbond substituents is 1. The Balaban J connectivity index is 1.77. The molecule has 1 unspecified atom stereocenters. The zero-order valence-corrected chi connectivity index (χ0v) is 11.3. The van der Waals surface area contributed by atoms with Crippen LogP contribution in [0.2, 0.25) is 0 Å². The van der Waals surface area contributed by atoms with E-state index in [1.165, 1.54) is 5.56 Å². The molecular weight excluding hydrogens is 242 g/mol. The van der Waals surface area contributed by atoms with Crippen LogP contribution < -0.4 is 5.32 Å². The minimum Gasteiger partial charge on any atom is -0.508 e. The van der Waals surface area contributed by atoms with Gasteiger partial charge in [-0.15, -0.1) is 0 Å². The van der Waals surface area contributed by atoms with Gasteiger partial charge in [0.25, 0.3) is 0 Å². The second-order valence-electron chi connectivity index (χ2n) is 4.80. The average molecular weight is 263 g/mol. The van der Waals surface area contributed by atoms with Crippen LogP contribution in [-0.4, -0.2) is 24.2 Å².